The molecule has 0 saturated carbocycles. The van der Waals surface area contributed by atoms with Crippen molar-refractivity contribution in [3.63, 3.8) is 0 Å². The minimum absolute atomic E-state index is 0.116. The Morgan fingerprint density at radius 2 is 1.93 bits per heavy atom. The van der Waals surface area contributed by atoms with Gasteiger partial charge in [-0.25, -0.2) is 4.98 Å². The van der Waals surface area contributed by atoms with Crippen molar-refractivity contribution in [2.45, 2.75) is 32.2 Å². The lowest BCUT2D eigenvalue weighted by atomic mass is 9.91. The average molecular weight is 379 g/mol. The minimum atomic E-state index is 0.116. The van der Waals surface area contributed by atoms with Gasteiger partial charge in [-0.15, -0.1) is 0 Å². The largest absolute Gasteiger partial charge is 0.356 e. The molecule has 28 heavy (non-hydrogen) atoms. The molecule has 2 aliphatic heterocycles. The van der Waals surface area contributed by atoms with Gasteiger partial charge in [0.1, 0.15) is 5.69 Å². The molecule has 3 aromatic rings. The quantitative estimate of drug-likeness (QED) is 0.697. The number of amides is 1. The minimum Gasteiger partial charge on any atom is -0.356 e. The van der Waals surface area contributed by atoms with Crippen LogP contribution in [0.15, 0.2) is 35.1 Å². The number of hydrogen-bond acceptors (Lipinski definition) is 5. The number of hydrogen-bond donors (Lipinski definition) is 0. The van der Waals surface area contributed by atoms with Gasteiger partial charge in [-0.1, -0.05) is 17.3 Å². The Hall–Kier alpha value is -2.67. The molecule has 5 rings (SSSR count). The van der Waals surface area contributed by atoms with E-state index in [1.54, 1.807) is 6.33 Å². The summed E-state index contributed by atoms with van der Waals surface area (Å²) < 4.78 is 7.46. The van der Waals surface area contributed by atoms with Gasteiger partial charge in [0.25, 0.3) is 5.91 Å². The van der Waals surface area contributed by atoms with Crippen molar-refractivity contribution in [1.82, 2.24) is 24.5 Å². The van der Waals surface area contributed by atoms with E-state index in [1.165, 1.54) is 0 Å². The van der Waals surface area contributed by atoms with E-state index in [0.29, 0.717) is 5.92 Å². The van der Waals surface area contributed by atoms with Crippen molar-refractivity contribution in [2.24, 2.45) is 0 Å². The number of aryl methyl sites for hydroxylation is 1. The molecular formula is C21H25N5O2. The molecule has 0 aliphatic carbocycles. The van der Waals surface area contributed by atoms with Gasteiger partial charge >= 0.3 is 0 Å². The van der Waals surface area contributed by atoms with E-state index < -0.39 is 0 Å². The number of aromatic nitrogens is 3. The number of benzene rings is 1. The van der Waals surface area contributed by atoms with Crippen LogP contribution in [0.5, 0.6) is 0 Å². The molecule has 7 heteroatoms. The van der Waals surface area contributed by atoms with E-state index in [-0.39, 0.29) is 5.91 Å². The van der Waals surface area contributed by atoms with Crippen molar-refractivity contribution in [3.05, 3.63) is 47.7 Å². The fourth-order valence-electron chi connectivity index (χ4n) is 4.52. The summed E-state index contributed by atoms with van der Waals surface area (Å²) in [7, 11) is 0. The van der Waals surface area contributed by atoms with Gasteiger partial charge in [0.15, 0.2) is 5.58 Å². The summed E-state index contributed by atoms with van der Waals surface area (Å²) >= 11 is 0. The molecule has 1 saturated heterocycles. The maximum atomic E-state index is 12.7. The maximum Gasteiger partial charge on any atom is 0.272 e. The second-order valence-corrected chi connectivity index (χ2v) is 7.84. The fourth-order valence-corrected chi connectivity index (χ4v) is 4.52. The van der Waals surface area contributed by atoms with Gasteiger partial charge in [0.2, 0.25) is 0 Å². The van der Waals surface area contributed by atoms with Crippen LogP contribution in [0.3, 0.4) is 0 Å². The standard InChI is InChI=1S/C21H25N5O2/c1-15-20-21(27)25(12-13-26(20)14-22-15)11-10-24-8-6-16(7-9-24)19-17-4-2-3-5-18(17)28-23-19/h2-5,14,16H,6-13H2,1H3. The molecule has 1 fully saturated rings. The lowest BCUT2D eigenvalue weighted by Gasteiger charge is -2.34. The number of imidazole rings is 1. The van der Waals surface area contributed by atoms with Crippen molar-refractivity contribution in [2.75, 3.05) is 32.7 Å². The van der Waals surface area contributed by atoms with E-state index in [1.807, 2.05) is 34.6 Å². The SMILES string of the molecule is Cc1ncn2c1C(=O)N(CCN1CCC(c3noc4ccccc34)CC1)CC2. The Morgan fingerprint density at radius 1 is 1.11 bits per heavy atom. The van der Waals surface area contributed by atoms with Gasteiger partial charge < -0.3 is 18.9 Å². The monoisotopic (exact) mass is 379 g/mol. The van der Waals surface area contributed by atoms with Crippen molar-refractivity contribution in [1.29, 1.82) is 0 Å². The molecule has 1 amide bonds. The number of para-hydroxylation sites is 1. The summed E-state index contributed by atoms with van der Waals surface area (Å²) in [5.41, 5.74) is 3.56. The molecule has 2 aromatic heterocycles. The first-order valence-corrected chi connectivity index (χ1v) is 10.1. The van der Waals surface area contributed by atoms with Crippen LogP contribution < -0.4 is 0 Å². The van der Waals surface area contributed by atoms with Gasteiger partial charge in [0, 0.05) is 37.5 Å². The zero-order valence-corrected chi connectivity index (χ0v) is 16.2. The Bertz CT molecular complexity index is 999. The molecule has 2 aliphatic rings. The smallest absolute Gasteiger partial charge is 0.272 e. The van der Waals surface area contributed by atoms with Gasteiger partial charge in [-0.05, 0) is 45.0 Å². The predicted molar refractivity (Wildman–Crippen MR) is 105 cm³/mol. The third-order valence-electron chi connectivity index (χ3n) is 6.19. The number of nitrogens with zero attached hydrogens (tertiary/aromatic N) is 5. The van der Waals surface area contributed by atoms with Gasteiger partial charge in [-0.3, -0.25) is 4.79 Å². The van der Waals surface area contributed by atoms with Gasteiger partial charge in [0.05, 0.1) is 17.7 Å². The molecule has 0 unspecified atom stereocenters. The van der Waals surface area contributed by atoms with E-state index >= 15 is 0 Å². The Balaban J connectivity index is 1.17. The first kappa shape index (κ1) is 17.4. The van der Waals surface area contributed by atoms with Crippen LogP contribution >= 0.6 is 0 Å². The van der Waals surface area contributed by atoms with Crippen LogP contribution in [-0.2, 0) is 6.54 Å². The lowest BCUT2D eigenvalue weighted by molar-refractivity contribution is 0.0673. The molecule has 7 nitrogen and oxygen atoms in total. The van der Waals surface area contributed by atoms with Crippen LogP contribution in [0.2, 0.25) is 0 Å². The number of carbonyl (C=O) groups excluding carboxylic acids is 1. The van der Waals surface area contributed by atoms with E-state index in [9.17, 15) is 4.79 Å². The highest BCUT2D eigenvalue weighted by Gasteiger charge is 2.28. The predicted octanol–water partition coefficient (Wildman–Crippen LogP) is 2.67. The second kappa shape index (κ2) is 7.05. The Kier molecular flexibility index (Phi) is 4.39. The van der Waals surface area contributed by atoms with E-state index in [2.05, 4.69) is 21.1 Å². The molecule has 0 N–H and O–H groups in total. The first-order valence-electron chi connectivity index (χ1n) is 10.1. The van der Waals surface area contributed by atoms with E-state index in [0.717, 1.165) is 80.2 Å². The van der Waals surface area contributed by atoms with Crippen LogP contribution in [0.1, 0.15) is 40.6 Å². The molecule has 146 valence electrons. The normalized spacial score (nSPS) is 18.8. The molecule has 0 bridgehead atoms. The number of fused-ring (bicyclic) bond motifs is 2. The number of carbonyl (C=O) groups is 1. The Morgan fingerprint density at radius 3 is 2.79 bits per heavy atom. The zero-order chi connectivity index (χ0) is 19.1. The van der Waals surface area contributed by atoms with Crippen LogP contribution in [0.25, 0.3) is 11.0 Å². The van der Waals surface area contributed by atoms with Crippen molar-refractivity contribution >= 4 is 16.9 Å². The highest BCUT2D eigenvalue weighted by atomic mass is 16.5. The number of piperidine rings is 1. The topological polar surface area (TPSA) is 67.4 Å². The maximum absolute atomic E-state index is 12.7. The summed E-state index contributed by atoms with van der Waals surface area (Å²) in [6, 6.07) is 8.10. The molecule has 4 heterocycles. The van der Waals surface area contributed by atoms with Crippen LogP contribution in [0.4, 0.5) is 0 Å². The highest BCUT2D eigenvalue weighted by Crippen LogP contribution is 2.32. The van der Waals surface area contributed by atoms with Crippen molar-refractivity contribution < 1.29 is 9.32 Å². The van der Waals surface area contributed by atoms with E-state index in [4.69, 9.17) is 4.52 Å². The Labute approximate surface area is 163 Å². The number of rotatable bonds is 4. The van der Waals surface area contributed by atoms with Crippen molar-refractivity contribution in [3.8, 4) is 0 Å². The van der Waals surface area contributed by atoms with Crippen LogP contribution in [-0.4, -0.2) is 63.1 Å². The molecule has 0 spiro atoms. The summed E-state index contributed by atoms with van der Waals surface area (Å²) in [6.45, 7) is 7.28. The van der Waals surface area contributed by atoms with Gasteiger partial charge in [-0.2, -0.15) is 0 Å². The first-order chi connectivity index (χ1) is 13.7. The lowest BCUT2D eigenvalue weighted by Crippen LogP contribution is -2.45. The molecule has 1 aromatic carbocycles. The second-order valence-electron chi connectivity index (χ2n) is 7.84. The summed E-state index contributed by atoms with van der Waals surface area (Å²) in [4.78, 5) is 21.4. The summed E-state index contributed by atoms with van der Waals surface area (Å²) in [5.74, 6) is 0.568. The average Bonchev–Trinajstić information content (AvgIpc) is 3.32. The van der Waals surface area contributed by atoms with Crippen LogP contribution in [0, 0.1) is 6.92 Å². The fraction of sp³-hybridized carbons (Fsp3) is 0.476. The number of likely N-dealkylation sites (tertiary alicyclic amines) is 1. The molecular weight excluding hydrogens is 354 g/mol. The third kappa shape index (κ3) is 2.99. The summed E-state index contributed by atoms with van der Waals surface area (Å²) in [5, 5.41) is 5.49. The zero-order valence-electron chi connectivity index (χ0n) is 16.2. The summed E-state index contributed by atoms with van der Waals surface area (Å²) in [6.07, 6.45) is 3.94. The molecule has 0 radical (unpaired) electrons. The third-order valence-corrected chi connectivity index (χ3v) is 6.19. The molecule has 0 atom stereocenters. The highest BCUT2D eigenvalue weighted by molar-refractivity contribution is 5.94.